The van der Waals surface area contributed by atoms with Crippen molar-refractivity contribution < 1.29 is 13.9 Å². The van der Waals surface area contributed by atoms with Gasteiger partial charge in [-0.15, -0.1) is 0 Å². The number of rotatable bonds is 4. The third kappa shape index (κ3) is 2.60. The van der Waals surface area contributed by atoms with Gasteiger partial charge in [0, 0.05) is 17.1 Å². The summed E-state index contributed by atoms with van der Waals surface area (Å²) in [4.78, 5) is 15.2. The molecule has 4 heteroatoms. The lowest BCUT2D eigenvalue weighted by Gasteiger charge is -2.11. The lowest BCUT2D eigenvalue weighted by molar-refractivity contribution is 0.111. The number of aromatic nitrogens is 1. The summed E-state index contributed by atoms with van der Waals surface area (Å²) >= 11 is 0. The molecule has 3 aromatic rings. The molecule has 2 aromatic carbocycles. The summed E-state index contributed by atoms with van der Waals surface area (Å²) < 4.78 is 19.3. The molecule has 0 amide bonds. The van der Waals surface area contributed by atoms with E-state index < -0.39 is 5.82 Å². The van der Waals surface area contributed by atoms with Gasteiger partial charge in [-0.3, -0.25) is 9.78 Å². The van der Waals surface area contributed by atoms with E-state index in [0.29, 0.717) is 6.29 Å². The number of carbonyl (C=O) groups excluding carboxylic acids is 1. The van der Waals surface area contributed by atoms with Crippen LogP contribution < -0.4 is 4.74 Å². The minimum atomic E-state index is -0.544. The molecule has 0 aliphatic heterocycles. The summed E-state index contributed by atoms with van der Waals surface area (Å²) in [6, 6.07) is 13.7. The maximum atomic E-state index is 13.8. The van der Waals surface area contributed by atoms with Crippen molar-refractivity contribution in [1.82, 2.24) is 4.98 Å². The number of halogens is 1. The van der Waals surface area contributed by atoms with Crippen LogP contribution in [0.1, 0.15) is 15.9 Å². The van der Waals surface area contributed by atoms with Crippen LogP contribution in [0, 0.1) is 5.82 Å². The topological polar surface area (TPSA) is 39.2 Å². The summed E-state index contributed by atoms with van der Waals surface area (Å²) in [7, 11) is 0. The van der Waals surface area contributed by atoms with Crippen molar-refractivity contribution in [3.63, 3.8) is 0 Å². The second kappa shape index (κ2) is 5.71. The summed E-state index contributed by atoms with van der Waals surface area (Å²) in [5, 5.41) is 0.948. The molecule has 0 fully saturated rings. The van der Waals surface area contributed by atoms with Gasteiger partial charge in [0.05, 0.1) is 11.1 Å². The van der Waals surface area contributed by atoms with Crippen molar-refractivity contribution in [2.45, 2.75) is 6.61 Å². The second-order valence-corrected chi connectivity index (χ2v) is 4.55. The molecular formula is C17H12FNO2. The zero-order valence-corrected chi connectivity index (χ0v) is 11.1. The van der Waals surface area contributed by atoms with Crippen molar-refractivity contribution >= 4 is 17.2 Å². The summed E-state index contributed by atoms with van der Waals surface area (Å²) in [6.07, 6.45) is 2.27. The Morgan fingerprint density at radius 2 is 1.95 bits per heavy atom. The number of benzene rings is 2. The molecule has 0 saturated heterocycles. The fourth-order valence-electron chi connectivity index (χ4n) is 2.20. The van der Waals surface area contributed by atoms with E-state index in [1.54, 1.807) is 6.20 Å². The molecule has 3 nitrogen and oxygen atoms in total. The number of carbonyl (C=O) groups is 1. The Morgan fingerprint density at radius 3 is 2.81 bits per heavy atom. The molecule has 1 heterocycles. The van der Waals surface area contributed by atoms with Crippen molar-refractivity contribution in [3.8, 4) is 5.75 Å². The number of hydrogen-bond donors (Lipinski definition) is 0. The first kappa shape index (κ1) is 13.2. The van der Waals surface area contributed by atoms with Crippen LogP contribution in [0.3, 0.4) is 0 Å². The average Bonchev–Trinajstić information content (AvgIpc) is 2.53. The standard InChI is InChI=1S/C17H12FNO2/c18-15-6-3-4-12(10-20)17(15)21-11-13-8-9-19-16-7-2-1-5-14(13)16/h1-10H,11H2. The highest BCUT2D eigenvalue weighted by Crippen LogP contribution is 2.24. The van der Waals surface area contributed by atoms with Crippen molar-refractivity contribution in [1.29, 1.82) is 0 Å². The highest BCUT2D eigenvalue weighted by molar-refractivity contribution is 5.82. The van der Waals surface area contributed by atoms with Crippen LogP contribution in [0.25, 0.3) is 10.9 Å². The van der Waals surface area contributed by atoms with Gasteiger partial charge in [0.15, 0.2) is 17.9 Å². The minimum absolute atomic E-state index is 0.0200. The molecule has 0 atom stereocenters. The number of hydrogen-bond acceptors (Lipinski definition) is 3. The molecule has 0 unspecified atom stereocenters. The van der Waals surface area contributed by atoms with Crippen LogP contribution >= 0.6 is 0 Å². The predicted molar refractivity (Wildman–Crippen MR) is 77.9 cm³/mol. The van der Waals surface area contributed by atoms with Gasteiger partial charge >= 0.3 is 0 Å². The number of para-hydroxylation sites is 2. The molecule has 104 valence electrons. The van der Waals surface area contributed by atoms with Crippen LogP contribution in [-0.4, -0.2) is 11.3 Å². The SMILES string of the molecule is O=Cc1cccc(F)c1OCc1ccnc2ccccc12. The van der Waals surface area contributed by atoms with E-state index in [2.05, 4.69) is 4.98 Å². The zero-order valence-electron chi connectivity index (χ0n) is 11.1. The van der Waals surface area contributed by atoms with E-state index in [0.717, 1.165) is 16.5 Å². The third-order valence-electron chi connectivity index (χ3n) is 3.24. The Hall–Kier alpha value is -2.75. The lowest BCUT2D eigenvalue weighted by Crippen LogP contribution is -2.01. The Kier molecular flexibility index (Phi) is 3.60. The molecule has 0 saturated carbocycles. The number of nitrogens with zero attached hydrogens (tertiary/aromatic N) is 1. The molecular weight excluding hydrogens is 269 g/mol. The Labute approximate surface area is 121 Å². The maximum absolute atomic E-state index is 13.8. The summed E-state index contributed by atoms with van der Waals surface area (Å²) in [6.45, 7) is 0.171. The summed E-state index contributed by atoms with van der Waals surface area (Å²) in [5.74, 6) is -0.564. The zero-order chi connectivity index (χ0) is 14.7. The fraction of sp³-hybridized carbons (Fsp3) is 0.0588. The molecule has 0 aliphatic rings. The third-order valence-corrected chi connectivity index (χ3v) is 3.24. The van der Waals surface area contributed by atoms with Gasteiger partial charge in [0.2, 0.25) is 0 Å². The van der Waals surface area contributed by atoms with E-state index in [4.69, 9.17) is 4.74 Å². The smallest absolute Gasteiger partial charge is 0.165 e. The van der Waals surface area contributed by atoms with Crippen molar-refractivity contribution in [2.24, 2.45) is 0 Å². The Bertz CT molecular complexity index is 796. The van der Waals surface area contributed by atoms with E-state index in [1.807, 2.05) is 30.3 Å². The monoisotopic (exact) mass is 281 g/mol. The van der Waals surface area contributed by atoms with E-state index >= 15 is 0 Å². The molecule has 0 radical (unpaired) electrons. The molecule has 0 aliphatic carbocycles. The van der Waals surface area contributed by atoms with E-state index in [-0.39, 0.29) is 17.9 Å². The number of aldehydes is 1. The van der Waals surface area contributed by atoms with Crippen molar-refractivity contribution in [3.05, 3.63) is 71.7 Å². The molecule has 0 N–H and O–H groups in total. The van der Waals surface area contributed by atoms with Gasteiger partial charge in [-0.05, 0) is 24.3 Å². The molecule has 3 rings (SSSR count). The second-order valence-electron chi connectivity index (χ2n) is 4.55. The summed E-state index contributed by atoms with van der Waals surface area (Å²) in [5.41, 5.74) is 1.94. The lowest BCUT2D eigenvalue weighted by atomic mass is 10.1. The van der Waals surface area contributed by atoms with Crippen LogP contribution in [0.2, 0.25) is 0 Å². The highest BCUT2D eigenvalue weighted by atomic mass is 19.1. The Balaban J connectivity index is 1.93. The van der Waals surface area contributed by atoms with Crippen molar-refractivity contribution in [2.75, 3.05) is 0 Å². The first-order chi connectivity index (χ1) is 10.3. The van der Waals surface area contributed by atoms with Gasteiger partial charge in [-0.25, -0.2) is 4.39 Å². The number of ether oxygens (including phenoxy) is 1. The molecule has 0 bridgehead atoms. The van der Waals surface area contributed by atoms with E-state index in [1.165, 1.54) is 18.2 Å². The minimum Gasteiger partial charge on any atom is -0.485 e. The first-order valence-electron chi connectivity index (χ1n) is 6.48. The van der Waals surface area contributed by atoms with Crippen LogP contribution in [0.15, 0.2) is 54.7 Å². The van der Waals surface area contributed by atoms with Crippen LogP contribution in [0.4, 0.5) is 4.39 Å². The molecule has 21 heavy (non-hydrogen) atoms. The van der Waals surface area contributed by atoms with Gasteiger partial charge < -0.3 is 4.74 Å². The fourth-order valence-corrected chi connectivity index (χ4v) is 2.20. The first-order valence-corrected chi connectivity index (χ1v) is 6.48. The van der Waals surface area contributed by atoms with Gasteiger partial charge in [-0.1, -0.05) is 24.3 Å². The average molecular weight is 281 g/mol. The largest absolute Gasteiger partial charge is 0.485 e. The number of pyridine rings is 1. The maximum Gasteiger partial charge on any atom is 0.165 e. The number of fused-ring (bicyclic) bond motifs is 1. The molecule has 0 spiro atoms. The van der Waals surface area contributed by atoms with Crippen LogP contribution in [0.5, 0.6) is 5.75 Å². The van der Waals surface area contributed by atoms with Gasteiger partial charge in [-0.2, -0.15) is 0 Å². The van der Waals surface area contributed by atoms with Crippen LogP contribution in [-0.2, 0) is 6.61 Å². The van der Waals surface area contributed by atoms with E-state index in [9.17, 15) is 9.18 Å². The predicted octanol–water partition coefficient (Wildman–Crippen LogP) is 3.77. The van der Waals surface area contributed by atoms with Gasteiger partial charge in [0.25, 0.3) is 0 Å². The highest BCUT2D eigenvalue weighted by Gasteiger charge is 2.10. The molecule has 1 aromatic heterocycles. The Morgan fingerprint density at radius 1 is 1.10 bits per heavy atom. The normalized spacial score (nSPS) is 10.5. The van der Waals surface area contributed by atoms with Gasteiger partial charge in [0.1, 0.15) is 6.61 Å². The quantitative estimate of drug-likeness (QED) is 0.683.